The predicted molar refractivity (Wildman–Crippen MR) is 198 cm³/mol. The summed E-state index contributed by atoms with van der Waals surface area (Å²) in [6.07, 6.45) is 6.09. The number of rotatable bonds is 12. The first-order chi connectivity index (χ1) is 23.0. The number of hydrogen-bond acceptors (Lipinski definition) is 12. The smallest absolute Gasteiger partial charge is 0.210 e. The zero-order valence-corrected chi connectivity index (χ0v) is 31.7. The van der Waals surface area contributed by atoms with E-state index in [4.69, 9.17) is 16.2 Å². The van der Waals surface area contributed by atoms with E-state index in [0.717, 1.165) is 58.1 Å². The van der Waals surface area contributed by atoms with Crippen LogP contribution in [0.15, 0.2) is 21.0 Å². The van der Waals surface area contributed by atoms with Gasteiger partial charge >= 0.3 is 0 Å². The summed E-state index contributed by atoms with van der Waals surface area (Å²) in [5.41, 5.74) is 15.3. The molecule has 0 spiro atoms. The van der Waals surface area contributed by atoms with Gasteiger partial charge < -0.3 is 16.2 Å². The summed E-state index contributed by atoms with van der Waals surface area (Å²) < 4.78 is 40.4. The molecule has 0 fully saturated rings. The first-order valence-corrected chi connectivity index (χ1v) is 21.0. The number of hydrogen-bond donors (Lipinski definition) is 2. The molecule has 10 nitrogen and oxygen atoms in total. The number of unbranched alkanes of at least 4 members (excludes halogenated alkanes) is 3. The summed E-state index contributed by atoms with van der Waals surface area (Å²) in [6, 6.07) is 2.17. The Morgan fingerprint density at radius 3 is 2.29 bits per heavy atom. The molecule has 0 amide bonds. The van der Waals surface area contributed by atoms with Crippen molar-refractivity contribution in [3.05, 3.63) is 43.9 Å². The van der Waals surface area contributed by atoms with Crippen LogP contribution in [0.3, 0.4) is 0 Å². The largest absolute Gasteiger partial charge is 0.370 e. The van der Waals surface area contributed by atoms with Gasteiger partial charge in [0.25, 0.3) is 0 Å². The van der Waals surface area contributed by atoms with Crippen LogP contribution in [-0.2, 0) is 34.3 Å². The lowest BCUT2D eigenvalue weighted by molar-refractivity contribution is 0.106. The van der Waals surface area contributed by atoms with Crippen molar-refractivity contribution in [2.75, 3.05) is 6.54 Å². The van der Waals surface area contributed by atoms with E-state index in [1.807, 2.05) is 29.1 Å². The van der Waals surface area contributed by atoms with Crippen molar-refractivity contribution in [2.45, 2.75) is 82.9 Å². The Morgan fingerprint density at radius 1 is 0.833 bits per heavy atom. The van der Waals surface area contributed by atoms with Gasteiger partial charge in [0.1, 0.15) is 16.6 Å². The van der Waals surface area contributed by atoms with Crippen LogP contribution in [0.1, 0.15) is 63.4 Å². The summed E-state index contributed by atoms with van der Waals surface area (Å²) in [7, 11) is -3.66. The summed E-state index contributed by atoms with van der Waals surface area (Å²) in [6.45, 7) is 10.3. The van der Waals surface area contributed by atoms with Gasteiger partial charge in [-0.2, -0.15) is 5.26 Å². The van der Waals surface area contributed by atoms with Crippen molar-refractivity contribution in [2.24, 2.45) is 16.5 Å². The molecule has 0 atom stereocenters. The second-order valence-electron chi connectivity index (χ2n) is 11.9. The van der Waals surface area contributed by atoms with E-state index in [9.17, 15) is 13.7 Å². The van der Waals surface area contributed by atoms with Crippen LogP contribution in [0.5, 0.6) is 0 Å². The minimum absolute atomic E-state index is 0.145. The summed E-state index contributed by atoms with van der Waals surface area (Å²) in [5, 5.41) is 18.1. The molecular weight excluding hydrogens is 723 g/mol. The monoisotopic (exact) mass is 755 g/mol. The molecule has 0 unspecified atom stereocenters. The van der Waals surface area contributed by atoms with Crippen molar-refractivity contribution >= 4 is 91.3 Å². The number of nitrogens with zero attached hydrogens (tertiary/aromatic N) is 5. The molecule has 1 aliphatic heterocycles. The first-order valence-electron chi connectivity index (χ1n) is 15.4. The maximum absolute atomic E-state index is 13.7. The fourth-order valence-corrected chi connectivity index (χ4v) is 16.1. The van der Waals surface area contributed by atoms with Crippen LogP contribution in [0.4, 0.5) is 0 Å². The van der Waals surface area contributed by atoms with Crippen LogP contribution in [0.25, 0.3) is 38.3 Å². The van der Waals surface area contributed by atoms with Crippen LogP contribution in [0, 0.1) is 39.0 Å². The maximum Gasteiger partial charge on any atom is 0.210 e. The number of aromatic nitrogens is 3. The Balaban J connectivity index is 1.05. The van der Waals surface area contributed by atoms with Crippen molar-refractivity contribution in [3.63, 3.8) is 0 Å². The average molecular weight is 756 g/mol. The Bertz CT molecular complexity index is 2390. The van der Waals surface area contributed by atoms with Gasteiger partial charge in [0, 0.05) is 27.7 Å². The highest BCUT2D eigenvalue weighted by molar-refractivity contribution is 7.92. The Morgan fingerprint density at radius 2 is 1.52 bits per heavy atom. The molecular formula is C32H33N7O3S6. The number of sulfone groups is 1. The lowest BCUT2D eigenvalue weighted by atomic mass is 10.2. The van der Waals surface area contributed by atoms with Gasteiger partial charge in [-0.25, -0.2) is 8.42 Å². The minimum atomic E-state index is -3.66. The van der Waals surface area contributed by atoms with E-state index in [1.54, 1.807) is 40.9 Å². The molecule has 7 rings (SSSR count). The number of nitrogens with two attached hydrogens (primary N) is 2. The summed E-state index contributed by atoms with van der Waals surface area (Å²) >= 11 is 8.16. The summed E-state index contributed by atoms with van der Waals surface area (Å²) in [4.78, 5) is 10.0. The predicted octanol–water partition coefficient (Wildman–Crippen LogP) is 8.03. The molecule has 48 heavy (non-hydrogen) atoms. The van der Waals surface area contributed by atoms with E-state index in [-0.39, 0.29) is 5.96 Å². The molecule has 16 heteroatoms. The third-order valence-electron chi connectivity index (χ3n) is 8.59. The molecule has 250 valence electrons. The molecule has 0 saturated heterocycles. The molecule has 1 aliphatic rings. The second-order valence-corrected chi connectivity index (χ2v) is 18.9. The average Bonchev–Trinajstić information content (AvgIpc) is 3.89. The van der Waals surface area contributed by atoms with Crippen LogP contribution in [0.2, 0.25) is 0 Å². The normalized spacial score (nSPS) is 13.4. The number of nitriles is 1. The molecule has 0 saturated carbocycles. The molecule has 4 N–H and O–H groups in total. The molecule has 6 aromatic rings. The van der Waals surface area contributed by atoms with Gasteiger partial charge in [-0.3, -0.25) is 9.67 Å². The Hall–Kier alpha value is -3.17. The first kappa shape index (κ1) is 33.3. The molecule has 6 aromatic heterocycles. The number of aliphatic imine (C=N–C) groups is 1. The maximum atomic E-state index is 13.7. The third kappa shape index (κ3) is 5.59. The topological polar surface area (TPSA) is 162 Å². The summed E-state index contributed by atoms with van der Waals surface area (Å²) in [5.74, 6) is 0.145. The highest BCUT2D eigenvalue weighted by Crippen LogP contribution is 2.59. The molecule has 0 aliphatic carbocycles. The fourth-order valence-electron chi connectivity index (χ4n) is 6.12. The third-order valence-corrected chi connectivity index (χ3v) is 18.2. The van der Waals surface area contributed by atoms with Gasteiger partial charge in [0.15, 0.2) is 5.96 Å². The van der Waals surface area contributed by atoms with Crippen molar-refractivity contribution in [3.8, 4) is 25.6 Å². The van der Waals surface area contributed by atoms with Crippen LogP contribution >= 0.6 is 56.7 Å². The van der Waals surface area contributed by atoms with E-state index < -0.39 is 9.84 Å². The van der Waals surface area contributed by atoms with Gasteiger partial charge in [0.05, 0.1) is 57.8 Å². The van der Waals surface area contributed by atoms with Gasteiger partial charge in [-0.15, -0.1) is 61.8 Å². The van der Waals surface area contributed by atoms with Crippen molar-refractivity contribution in [1.29, 1.82) is 5.26 Å². The Labute approximate surface area is 298 Å². The number of ether oxygens (including phenoxy) is 1. The molecule has 7 heterocycles. The molecule has 0 aromatic carbocycles. The highest BCUT2D eigenvalue weighted by atomic mass is 32.2. The zero-order chi connectivity index (χ0) is 33.9. The number of aryl methyl sites for hydroxylation is 3. The number of guanidine groups is 1. The lowest BCUT2D eigenvalue weighted by Gasteiger charge is -2.03. The number of fused-ring (bicyclic) bond motifs is 6. The lowest BCUT2D eigenvalue weighted by Crippen LogP contribution is -2.22. The van der Waals surface area contributed by atoms with Gasteiger partial charge in [0.2, 0.25) is 9.84 Å². The van der Waals surface area contributed by atoms with E-state index in [1.165, 1.54) is 46.1 Å². The van der Waals surface area contributed by atoms with E-state index >= 15 is 0 Å². The standard InChI is InChI=1S/C32H33N7O3S6/c1-15-21(14-42-13-19-12-39(38-37-19)10-8-6-5-7-9-36-32(34)35)44-26-22(15)45-24-17(3)23(46-27(24)26)25-18(4)31-29(47-25)28-30(48(31,40)41)16(2)20(11-33)43-28/h12H,5-10,13-14H2,1-4H3,(H4,34,35,36). The van der Waals surface area contributed by atoms with Crippen LogP contribution < -0.4 is 11.5 Å². The Kier molecular flexibility index (Phi) is 8.98. The fraction of sp³-hybridized carbons (Fsp3) is 0.375. The van der Waals surface area contributed by atoms with Gasteiger partial charge in [-0.1, -0.05) is 18.1 Å². The molecule has 0 bridgehead atoms. The second kappa shape index (κ2) is 12.9. The van der Waals surface area contributed by atoms with E-state index in [2.05, 4.69) is 35.2 Å². The SMILES string of the molecule is Cc1c(C#N)sc2c1S(=O)(=O)c1c-2sc(-c2sc3c(sc4c(C)c(COCc5cn(CCCCCCN=C(N)N)nn5)sc43)c2C)c1C. The minimum Gasteiger partial charge on any atom is -0.370 e. The number of thiophene rings is 5. The quantitative estimate of drug-likeness (QED) is 0.0720. The van der Waals surface area contributed by atoms with Crippen molar-refractivity contribution < 1.29 is 13.2 Å². The molecule has 0 radical (unpaired) electrons. The van der Waals surface area contributed by atoms with Crippen LogP contribution in [-0.4, -0.2) is 35.9 Å². The van der Waals surface area contributed by atoms with Gasteiger partial charge in [-0.05, 0) is 62.8 Å². The van der Waals surface area contributed by atoms with E-state index in [0.29, 0.717) is 44.9 Å². The zero-order valence-electron chi connectivity index (χ0n) is 26.8. The highest BCUT2D eigenvalue weighted by Gasteiger charge is 2.42. The van der Waals surface area contributed by atoms with Crippen molar-refractivity contribution in [1.82, 2.24) is 15.0 Å².